The molecule has 4 heteroatoms. The van der Waals surface area contributed by atoms with Crippen molar-refractivity contribution >= 4 is 11.5 Å². The smallest absolute Gasteiger partial charge is 0.159 e. The number of ketones is 1. The molecule has 0 atom stereocenters. The van der Waals surface area contributed by atoms with Gasteiger partial charge in [0.2, 0.25) is 0 Å². The lowest BCUT2D eigenvalue weighted by atomic mass is 10.1. The maximum absolute atomic E-state index is 13.7. The van der Waals surface area contributed by atoms with Crippen LogP contribution in [0.5, 0.6) is 0 Å². The van der Waals surface area contributed by atoms with E-state index in [9.17, 15) is 9.18 Å². The Balaban J connectivity index is 2.74. The van der Waals surface area contributed by atoms with Gasteiger partial charge in [0.25, 0.3) is 0 Å². The quantitative estimate of drug-likeness (QED) is 0.564. The molecule has 1 aromatic rings. The van der Waals surface area contributed by atoms with Gasteiger partial charge in [0.15, 0.2) is 5.78 Å². The van der Waals surface area contributed by atoms with Gasteiger partial charge >= 0.3 is 0 Å². The Hall–Kier alpha value is -1.42. The first kappa shape index (κ1) is 13.6. The lowest BCUT2D eigenvalue weighted by molar-refractivity contribution is 0.101. The van der Waals surface area contributed by atoms with Crippen LogP contribution in [0.2, 0.25) is 0 Å². The van der Waals surface area contributed by atoms with Crippen molar-refractivity contribution in [1.29, 1.82) is 0 Å². The number of likely N-dealkylation sites (N-methyl/N-ethyl adjacent to an activating group) is 1. The lowest BCUT2D eigenvalue weighted by Gasteiger charge is -2.20. The summed E-state index contributed by atoms with van der Waals surface area (Å²) in [5.74, 6) is -0.510. The average molecular weight is 239 g/mol. The first-order valence-electron chi connectivity index (χ1n) is 5.65. The van der Waals surface area contributed by atoms with Crippen LogP contribution >= 0.6 is 0 Å². The maximum Gasteiger partial charge on any atom is 0.159 e. The molecule has 0 unspecified atom stereocenters. The van der Waals surface area contributed by atoms with Gasteiger partial charge in [-0.25, -0.2) is 4.39 Å². The van der Waals surface area contributed by atoms with Gasteiger partial charge in [0, 0.05) is 25.8 Å². The molecule has 0 amide bonds. The molecule has 0 radical (unpaired) electrons. The second kappa shape index (κ2) is 6.35. The molecular weight excluding hydrogens is 221 g/mol. The van der Waals surface area contributed by atoms with Gasteiger partial charge in [0.05, 0.1) is 12.3 Å². The van der Waals surface area contributed by atoms with Crippen molar-refractivity contribution in [1.82, 2.24) is 0 Å². The Labute approximate surface area is 101 Å². The minimum absolute atomic E-state index is 0.132. The van der Waals surface area contributed by atoms with Crippen molar-refractivity contribution in [3.8, 4) is 0 Å². The molecule has 0 fully saturated rings. The van der Waals surface area contributed by atoms with E-state index in [0.717, 1.165) is 0 Å². The van der Waals surface area contributed by atoms with Gasteiger partial charge in [-0.3, -0.25) is 4.79 Å². The summed E-state index contributed by atoms with van der Waals surface area (Å²) in [7, 11) is 1.80. The molecule has 0 bridgehead atoms. The number of rotatable bonds is 6. The summed E-state index contributed by atoms with van der Waals surface area (Å²) >= 11 is 0. The van der Waals surface area contributed by atoms with Crippen LogP contribution in [0.1, 0.15) is 24.2 Å². The summed E-state index contributed by atoms with van der Waals surface area (Å²) in [5, 5.41) is 0. The number of anilines is 1. The average Bonchev–Trinajstić information content (AvgIpc) is 2.28. The Morgan fingerprint density at radius 2 is 2.18 bits per heavy atom. The highest BCUT2D eigenvalue weighted by atomic mass is 19.1. The van der Waals surface area contributed by atoms with Gasteiger partial charge < -0.3 is 9.64 Å². The molecule has 0 N–H and O–H groups in total. The fourth-order valence-electron chi connectivity index (χ4n) is 1.50. The molecule has 0 heterocycles. The maximum atomic E-state index is 13.7. The predicted octanol–water partition coefficient (Wildman–Crippen LogP) is 2.50. The molecule has 1 aromatic carbocycles. The van der Waals surface area contributed by atoms with Gasteiger partial charge in [-0.1, -0.05) is 0 Å². The number of carbonyl (C=O) groups is 1. The third-order valence-corrected chi connectivity index (χ3v) is 2.54. The van der Waals surface area contributed by atoms with E-state index in [4.69, 9.17) is 4.74 Å². The molecule has 0 aliphatic rings. The van der Waals surface area contributed by atoms with Crippen molar-refractivity contribution in [3.63, 3.8) is 0 Å². The van der Waals surface area contributed by atoms with E-state index < -0.39 is 0 Å². The molecule has 0 aliphatic carbocycles. The summed E-state index contributed by atoms with van der Waals surface area (Å²) in [4.78, 5) is 12.9. The zero-order valence-electron chi connectivity index (χ0n) is 10.5. The highest BCUT2D eigenvalue weighted by Crippen LogP contribution is 2.19. The van der Waals surface area contributed by atoms with Crippen LogP contribution in [0.15, 0.2) is 18.2 Å². The van der Waals surface area contributed by atoms with Gasteiger partial charge in [-0.15, -0.1) is 0 Å². The molecule has 3 nitrogen and oxygen atoms in total. The van der Waals surface area contributed by atoms with Crippen LogP contribution in [0.4, 0.5) is 10.1 Å². The Morgan fingerprint density at radius 1 is 1.47 bits per heavy atom. The Bertz CT molecular complexity index is 393. The number of hydrogen-bond donors (Lipinski definition) is 0. The van der Waals surface area contributed by atoms with Crippen LogP contribution in [0, 0.1) is 5.82 Å². The van der Waals surface area contributed by atoms with Crippen LogP contribution in [-0.2, 0) is 4.74 Å². The molecule has 0 saturated heterocycles. The number of Topliss-reactive ketones (excluding diaryl/α,β-unsaturated/α-hetero) is 1. The molecule has 1 rings (SSSR count). The molecule has 0 saturated carbocycles. The number of nitrogens with zero attached hydrogens (tertiary/aromatic N) is 1. The van der Waals surface area contributed by atoms with Gasteiger partial charge in [-0.05, 0) is 32.0 Å². The minimum atomic E-state index is -0.378. The van der Waals surface area contributed by atoms with E-state index in [-0.39, 0.29) is 11.6 Å². The lowest BCUT2D eigenvalue weighted by Crippen LogP contribution is -2.23. The first-order valence-corrected chi connectivity index (χ1v) is 5.65. The Kier molecular flexibility index (Phi) is 5.10. The van der Waals surface area contributed by atoms with Crippen molar-refractivity contribution < 1.29 is 13.9 Å². The molecule has 0 spiro atoms. The minimum Gasteiger partial charge on any atom is -0.380 e. The van der Waals surface area contributed by atoms with Crippen LogP contribution in [-0.4, -0.2) is 32.6 Å². The third kappa shape index (κ3) is 3.82. The van der Waals surface area contributed by atoms with Crippen LogP contribution in [0.25, 0.3) is 0 Å². The van der Waals surface area contributed by atoms with Crippen molar-refractivity contribution in [3.05, 3.63) is 29.6 Å². The van der Waals surface area contributed by atoms with Crippen LogP contribution < -0.4 is 4.90 Å². The van der Waals surface area contributed by atoms with E-state index in [1.54, 1.807) is 24.1 Å². The molecule has 0 aromatic heterocycles. The van der Waals surface area contributed by atoms with Crippen molar-refractivity contribution in [2.75, 3.05) is 31.7 Å². The SMILES string of the molecule is CCOCCN(C)c1ccc(C(C)=O)cc1F. The third-order valence-electron chi connectivity index (χ3n) is 2.54. The topological polar surface area (TPSA) is 29.5 Å². The summed E-state index contributed by atoms with van der Waals surface area (Å²) < 4.78 is 18.9. The van der Waals surface area contributed by atoms with E-state index in [1.807, 2.05) is 6.92 Å². The van der Waals surface area contributed by atoms with Crippen LogP contribution in [0.3, 0.4) is 0 Å². The normalized spacial score (nSPS) is 10.4. The largest absolute Gasteiger partial charge is 0.380 e. The molecular formula is C13H18FNO2. The summed E-state index contributed by atoms with van der Waals surface area (Å²) in [5.41, 5.74) is 0.874. The first-order chi connectivity index (χ1) is 8.06. The standard InChI is InChI=1S/C13H18FNO2/c1-4-17-8-7-15(3)13-6-5-11(10(2)16)9-12(13)14/h5-6,9H,4,7-8H2,1-3H3. The summed E-state index contributed by atoms with van der Waals surface area (Å²) in [6.45, 7) is 5.17. The zero-order valence-corrected chi connectivity index (χ0v) is 10.5. The van der Waals surface area contributed by atoms with Crippen molar-refractivity contribution in [2.45, 2.75) is 13.8 Å². The van der Waals surface area contributed by atoms with E-state index >= 15 is 0 Å². The second-order valence-corrected chi connectivity index (χ2v) is 3.84. The number of hydrogen-bond acceptors (Lipinski definition) is 3. The highest BCUT2D eigenvalue weighted by molar-refractivity contribution is 5.94. The van der Waals surface area contributed by atoms with E-state index in [2.05, 4.69) is 0 Å². The highest BCUT2D eigenvalue weighted by Gasteiger charge is 2.09. The fraction of sp³-hybridized carbons (Fsp3) is 0.462. The van der Waals surface area contributed by atoms with Crippen molar-refractivity contribution in [2.24, 2.45) is 0 Å². The van der Waals surface area contributed by atoms with Gasteiger partial charge in [-0.2, -0.15) is 0 Å². The zero-order chi connectivity index (χ0) is 12.8. The predicted molar refractivity (Wildman–Crippen MR) is 66.2 cm³/mol. The monoisotopic (exact) mass is 239 g/mol. The second-order valence-electron chi connectivity index (χ2n) is 3.84. The number of carbonyl (C=O) groups excluding carboxylic acids is 1. The van der Waals surface area contributed by atoms with E-state index in [1.165, 1.54) is 13.0 Å². The number of ether oxygens (including phenoxy) is 1. The molecule has 94 valence electrons. The molecule has 17 heavy (non-hydrogen) atoms. The number of halogens is 1. The number of benzene rings is 1. The van der Waals surface area contributed by atoms with E-state index in [0.29, 0.717) is 31.0 Å². The Morgan fingerprint density at radius 3 is 2.71 bits per heavy atom. The molecule has 0 aliphatic heterocycles. The fourth-order valence-corrected chi connectivity index (χ4v) is 1.50. The van der Waals surface area contributed by atoms with Gasteiger partial charge in [0.1, 0.15) is 5.82 Å². The summed E-state index contributed by atoms with van der Waals surface area (Å²) in [6.07, 6.45) is 0. The summed E-state index contributed by atoms with van der Waals surface area (Å²) in [6, 6.07) is 4.53.